The molecular formula is C15H21ClN4O. The van der Waals surface area contributed by atoms with Crippen LogP contribution in [-0.2, 0) is 4.79 Å². The van der Waals surface area contributed by atoms with Gasteiger partial charge in [-0.15, -0.1) is 0 Å². The van der Waals surface area contributed by atoms with Crippen LogP contribution in [0.25, 0.3) is 0 Å². The number of nitrogens with one attached hydrogen (secondary N) is 3. The van der Waals surface area contributed by atoms with Crippen molar-refractivity contribution in [3.63, 3.8) is 0 Å². The molecular weight excluding hydrogens is 288 g/mol. The maximum absolute atomic E-state index is 11.8. The third kappa shape index (κ3) is 4.81. The number of halogens is 1. The standard InChI is InChI=1S/C15H21ClN4O/c1-10-14(11(2)19-18-10)6-7-15(21)20-17-9-12-4-3-5-13(16)8-12/h3-5,8-11,14,18-19H,6-7H2,1-2H3,(H,20,21)/b17-9-. The van der Waals surface area contributed by atoms with E-state index in [-0.39, 0.29) is 5.91 Å². The molecule has 1 heterocycles. The largest absolute Gasteiger partial charge is 0.273 e. The minimum Gasteiger partial charge on any atom is -0.273 e. The van der Waals surface area contributed by atoms with Crippen LogP contribution in [0.5, 0.6) is 0 Å². The second-order valence-electron chi connectivity index (χ2n) is 5.42. The van der Waals surface area contributed by atoms with Gasteiger partial charge in [0, 0.05) is 23.5 Å². The highest BCUT2D eigenvalue weighted by Gasteiger charge is 2.29. The zero-order valence-corrected chi connectivity index (χ0v) is 13.0. The first-order valence-corrected chi connectivity index (χ1v) is 7.52. The summed E-state index contributed by atoms with van der Waals surface area (Å²) in [4.78, 5) is 11.8. The first-order chi connectivity index (χ1) is 10.1. The molecule has 0 aliphatic carbocycles. The molecule has 1 aliphatic rings. The summed E-state index contributed by atoms with van der Waals surface area (Å²) >= 11 is 5.88. The van der Waals surface area contributed by atoms with Gasteiger partial charge in [-0.3, -0.25) is 15.6 Å². The molecule has 1 saturated heterocycles. The Morgan fingerprint density at radius 2 is 2.10 bits per heavy atom. The summed E-state index contributed by atoms with van der Waals surface area (Å²) in [6, 6.07) is 8.06. The predicted molar refractivity (Wildman–Crippen MR) is 85.1 cm³/mol. The van der Waals surface area contributed by atoms with Gasteiger partial charge in [0.25, 0.3) is 0 Å². The van der Waals surface area contributed by atoms with Crippen LogP contribution in [0.15, 0.2) is 29.4 Å². The Labute approximate surface area is 130 Å². The minimum atomic E-state index is -0.0698. The topological polar surface area (TPSA) is 65.5 Å². The van der Waals surface area contributed by atoms with Gasteiger partial charge < -0.3 is 0 Å². The lowest BCUT2D eigenvalue weighted by molar-refractivity contribution is -0.121. The highest BCUT2D eigenvalue weighted by atomic mass is 35.5. The molecule has 1 fully saturated rings. The van der Waals surface area contributed by atoms with Crippen molar-refractivity contribution in [2.24, 2.45) is 11.0 Å². The van der Waals surface area contributed by atoms with Gasteiger partial charge in [0.15, 0.2) is 0 Å². The molecule has 0 aromatic heterocycles. The van der Waals surface area contributed by atoms with Crippen molar-refractivity contribution >= 4 is 23.7 Å². The van der Waals surface area contributed by atoms with Crippen molar-refractivity contribution in [1.29, 1.82) is 0 Å². The smallest absolute Gasteiger partial charge is 0.240 e. The number of amides is 1. The van der Waals surface area contributed by atoms with E-state index in [0.29, 0.717) is 29.4 Å². The Morgan fingerprint density at radius 1 is 1.38 bits per heavy atom. The number of nitrogens with zero attached hydrogens (tertiary/aromatic N) is 1. The van der Waals surface area contributed by atoms with Gasteiger partial charge in [0.2, 0.25) is 5.91 Å². The number of hydrogen-bond donors (Lipinski definition) is 3. The first-order valence-electron chi connectivity index (χ1n) is 7.15. The fourth-order valence-electron chi connectivity index (χ4n) is 2.53. The number of benzene rings is 1. The predicted octanol–water partition coefficient (Wildman–Crippen LogP) is 2.07. The van der Waals surface area contributed by atoms with E-state index in [1.807, 2.05) is 12.1 Å². The van der Waals surface area contributed by atoms with Gasteiger partial charge in [-0.2, -0.15) is 5.10 Å². The summed E-state index contributed by atoms with van der Waals surface area (Å²) in [5, 5.41) is 4.60. The summed E-state index contributed by atoms with van der Waals surface area (Å²) in [5.74, 6) is 0.382. The van der Waals surface area contributed by atoms with Crippen LogP contribution in [0.4, 0.5) is 0 Å². The Morgan fingerprint density at radius 3 is 2.76 bits per heavy atom. The zero-order valence-electron chi connectivity index (χ0n) is 12.3. The third-order valence-electron chi connectivity index (χ3n) is 3.78. The minimum absolute atomic E-state index is 0.0698. The van der Waals surface area contributed by atoms with E-state index in [1.54, 1.807) is 18.3 Å². The summed E-state index contributed by atoms with van der Waals surface area (Å²) < 4.78 is 0. The van der Waals surface area contributed by atoms with Crippen LogP contribution >= 0.6 is 11.6 Å². The summed E-state index contributed by atoms with van der Waals surface area (Å²) in [5.41, 5.74) is 9.78. The van der Waals surface area contributed by atoms with Crippen LogP contribution in [0.2, 0.25) is 5.02 Å². The average Bonchev–Trinajstić information content (AvgIpc) is 2.76. The van der Waals surface area contributed by atoms with E-state index in [1.165, 1.54) is 0 Å². The molecule has 2 atom stereocenters. The lowest BCUT2D eigenvalue weighted by Crippen LogP contribution is -2.30. The summed E-state index contributed by atoms with van der Waals surface area (Å²) in [7, 11) is 0. The molecule has 5 nitrogen and oxygen atoms in total. The number of hydrogen-bond acceptors (Lipinski definition) is 4. The average molecular weight is 309 g/mol. The van der Waals surface area contributed by atoms with E-state index in [4.69, 9.17) is 11.6 Å². The SMILES string of the molecule is CC1NNC(C)C1CCC(=O)N/N=C\c1cccc(Cl)c1. The monoisotopic (exact) mass is 308 g/mol. The molecule has 1 aliphatic heterocycles. The van der Waals surface area contributed by atoms with Gasteiger partial charge in [0.1, 0.15) is 0 Å². The lowest BCUT2D eigenvalue weighted by atomic mass is 9.91. The molecule has 0 radical (unpaired) electrons. The van der Waals surface area contributed by atoms with E-state index >= 15 is 0 Å². The zero-order chi connectivity index (χ0) is 15.2. The highest BCUT2D eigenvalue weighted by molar-refractivity contribution is 6.30. The lowest BCUT2D eigenvalue weighted by Gasteiger charge is -2.16. The van der Waals surface area contributed by atoms with Crippen LogP contribution in [0.3, 0.4) is 0 Å². The number of carbonyl (C=O) groups excluding carboxylic acids is 1. The molecule has 1 amide bonds. The molecule has 1 aromatic carbocycles. The number of rotatable bonds is 5. The Bertz CT molecular complexity index is 510. The van der Waals surface area contributed by atoms with Crippen molar-refractivity contribution in [2.45, 2.75) is 38.8 Å². The quantitative estimate of drug-likeness (QED) is 0.576. The van der Waals surface area contributed by atoms with Crippen LogP contribution in [0, 0.1) is 5.92 Å². The van der Waals surface area contributed by atoms with Crippen molar-refractivity contribution in [2.75, 3.05) is 0 Å². The molecule has 3 N–H and O–H groups in total. The van der Waals surface area contributed by atoms with Gasteiger partial charge in [-0.25, -0.2) is 5.43 Å². The molecule has 2 rings (SSSR count). The van der Waals surface area contributed by atoms with Crippen LogP contribution in [0.1, 0.15) is 32.3 Å². The van der Waals surface area contributed by atoms with E-state index in [2.05, 4.69) is 35.2 Å². The number of hydrazone groups is 1. The van der Waals surface area contributed by atoms with Gasteiger partial charge in [0.05, 0.1) is 6.21 Å². The third-order valence-corrected chi connectivity index (χ3v) is 4.01. The van der Waals surface area contributed by atoms with E-state index in [9.17, 15) is 4.79 Å². The normalized spacial score (nSPS) is 25.4. The van der Waals surface area contributed by atoms with Gasteiger partial charge >= 0.3 is 0 Å². The highest BCUT2D eigenvalue weighted by Crippen LogP contribution is 2.19. The maximum Gasteiger partial charge on any atom is 0.240 e. The van der Waals surface area contributed by atoms with Crippen LogP contribution < -0.4 is 16.3 Å². The molecule has 6 heteroatoms. The number of hydrazine groups is 1. The molecule has 21 heavy (non-hydrogen) atoms. The first kappa shape index (κ1) is 15.9. The van der Waals surface area contributed by atoms with Crippen molar-refractivity contribution < 1.29 is 4.79 Å². The molecule has 0 bridgehead atoms. The Balaban J connectivity index is 1.75. The van der Waals surface area contributed by atoms with Crippen molar-refractivity contribution in [3.05, 3.63) is 34.9 Å². The summed E-state index contributed by atoms with van der Waals surface area (Å²) in [6.45, 7) is 4.24. The Kier molecular flexibility index (Phi) is 5.73. The van der Waals surface area contributed by atoms with Crippen LogP contribution in [-0.4, -0.2) is 24.2 Å². The van der Waals surface area contributed by atoms with Crippen molar-refractivity contribution in [3.8, 4) is 0 Å². The van der Waals surface area contributed by atoms with Gasteiger partial charge in [-0.1, -0.05) is 23.7 Å². The molecule has 0 spiro atoms. The fourth-order valence-corrected chi connectivity index (χ4v) is 2.73. The summed E-state index contributed by atoms with van der Waals surface area (Å²) in [6.07, 6.45) is 2.89. The van der Waals surface area contributed by atoms with Crippen molar-refractivity contribution in [1.82, 2.24) is 16.3 Å². The van der Waals surface area contributed by atoms with Gasteiger partial charge in [-0.05, 0) is 43.9 Å². The van der Waals surface area contributed by atoms with E-state index in [0.717, 1.165) is 12.0 Å². The second-order valence-corrected chi connectivity index (χ2v) is 5.85. The molecule has 2 unspecified atom stereocenters. The molecule has 114 valence electrons. The number of carbonyl (C=O) groups is 1. The fraction of sp³-hybridized carbons (Fsp3) is 0.467. The maximum atomic E-state index is 11.8. The Hall–Kier alpha value is -1.43. The van der Waals surface area contributed by atoms with E-state index < -0.39 is 0 Å². The molecule has 0 saturated carbocycles. The second kappa shape index (κ2) is 7.54. The molecule has 1 aromatic rings.